The SMILES string of the molecule is O=S(=O)(Nc1ncns1)c1cc(F)c(OC[C@@H]2CN(CC(F)(F)F)CC[C@H]2c2ccc(Cl)cc2)cc1F. The molecule has 0 unspecified atom stereocenters. The first-order valence-corrected chi connectivity index (χ1v) is 13.5. The van der Waals surface area contributed by atoms with Crippen LogP contribution in [-0.2, 0) is 10.0 Å². The molecule has 2 aromatic carbocycles. The summed E-state index contributed by atoms with van der Waals surface area (Å²) in [6.07, 6.45) is -2.91. The molecule has 3 aromatic rings. The second-order valence-electron chi connectivity index (χ2n) is 8.43. The summed E-state index contributed by atoms with van der Waals surface area (Å²) in [4.78, 5) is 3.92. The van der Waals surface area contributed by atoms with Gasteiger partial charge in [-0.15, -0.1) is 0 Å². The molecule has 0 radical (unpaired) electrons. The van der Waals surface area contributed by atoms with E-state index in [4.69, 9.17) is 16.3 Å². The molecule has 1 N–H and O–H groups in total. The van der Waals surface area contributed by atoms with Crippen LogP contribution in [0.5, 0.6) is 5.75 Å². The van der Waals surface area contributed by atoms with Gasteiger partial charge in [0, 0.05) is 41.2 Å². The van der Waals surface area contributed by atoms with Crippen molar-refractivity contribution < 1.29 is 35.1 Å². The maximum absolute atomic E-state index is 14.8. The van der Waals surface area contributed by atoms with E-state index in [0.717, 1.165) is 11.9 Å². The molecule has 4 rings (SSSR count). The summed E-state index contributed by atoms with van der Waals surface area (Å²) in [5.74, 6) is -3.70. The molecule has 1 fully saturated rings. The highest BCUT2D eigenvalue weighted by molar-refractivity contribution is 7.93. The van der Waals surface area contributed by atoms with Crippen LogP contribution in [-0.4, -0.2) is 55.1 Å². The Morgan fingerprint density at radius 2 is 1.89 bits per heavy atom. The van der Waals surface area contributed by atoms with Gasteiger partial charge >= 0.3 is 6.18 Å². The molecule has 0 saturated carbocycles. The van der Waals surface area contributed by atoms with Gasteiger partial charge in [0.05, 0.1) is 13.2 Å². The van der Waals surface area contributed by atoms with Gasteiger partial charge in [-0.1, -0.05) is 23.7 Å². The lowest BCUT2D eigenvalue weighted by Crippen LogP contribution is -2.45. The average molecular weight is 583 g/mol. The number of piperidine rings is 1. The maximum Gasteiger partial charge on any atom is 0.401 e. The molecule has 1 saturated heterocycles. The highest BCUT2D eigenvalue weighted by Crippen LogP contribution is 2.36. The molecular weight excluding hydrogens is 563 g/mol. The molecule has 1 aliphatic rings. The number of sulfonamides is 1. The zero-order valence-corrected chi connectivity index (χ0v) is 21.3. The van der Waals surface area contributed by atoms with Crippen LogP contribution in [0.3, 0.4) is 0 Å². The third-order valence-electron chi connectivity index (χ3n) is 5.83. The molecule has 2 heterocycles. The number of hydrogen-bond acceptors (Lipinski definition) is 7. The molecule has 200 valence electrons. The van der Waals surface area contributed by atoms with E-state index in [1.165, 1.54) is 4.90 Å². The van der Waals surface area contributed by atoms with Crippen molar-refractivity contribution in [3.8, 4) is 5.75 Å². The second kappa shape index (κ2) is 11.1. The number of benzene rings is 2. The molecule has 0 amide bonds. The normalized spacial score (nSPS) is 19.1. The minimum absolute atomic E-state index is 0.00906. The van der Waals surface area contributed by atoms with Crippen molar-refractivity contribution in [2.75, 3.05) is 31.0 Å². The number of nitrogens with one attached hydrogen (secondary N) is 1. The van der Waals surface area contributed by atoms with Gasteiger partial charge in [0.15, 0.2) is 11.6 Å². The van der Waals surface area contributed by atoms with E-state index >= 15 is 0 Å². The molecule has 15 heteroatoms. The van der Waals surface area contributed by atoms with Crippen molar-refractivity contribution in [3.63, 3.8) is 0 Å². The van der Waals surface area contributed by atoms with Gasteiger partial charge in [-0.3, -0.25) is 9.62 Å². The number of likely N-dealkylation sites (tertiary alicyclic amines) is 1. The second-order valence-corrected chi connectivity index (χ2v) is 11.3. The van der Waals surface area contributed by atoms with Gasteiger partial charge in [-0.25, -0.2) is 22.2 Å². The molecule has 0 bridgehead atoms. The third kappa shape index (κ3) is 7.06. The summed E-state index contributed by atoms with van der Waals surface area (Å²) < 4.78 is 104. The molecular formula is C22H20ClF5N4O3S2. The number of ether oxygens (including phenoxy) is 1. The lowest BCUT2D eigenvalue weighted by molar-refractivity contribution is -0.150. The Labute approximate surface area is 218 Å². The highest BCUT2D eigenvalue weighted by Gasteiger charge is 2.37. The van der Waals surface area contributed by atoms with E-state index in [-0.39, 0.29) is 30.7 Å². The monoisotopic (exact) mass is 582 g/mol. The highest BCUT2D eigenvalue weighted by atomic mass is 35.5. The predicted octanol–water partition coefficient (Wildman–Crippen LogP) is 5.32. The van der Waals surface area contributed by atoms with Gasteiger partial charge in [-0.05, 0) is 36.6 Å². The van der Waals surface area contributed by atoms with Crippen molar-refractivity contribution in [3.05, 3.63) is 64.9 Å². The van der Waals surface area contributed by atoms with Crippen molar-refractivity contribution >= 4 is 38.3 Å². The smallest absolute Gasteiger partial charge is 0.401 e. The Kier molecular flexibility index (Phi) is 8.21. The van der Waals surface area contributed by atoms with Crippen LogP contribution >= 0.6 is 23.1 Å². The maximum atomic E-state index is 14.8. The topological polar surface area (TPSA) is 84.4 Å². The molecule has 37 heavy (non-hydrogen) atoms. The molecule has 0 aliphatic carbocycles. The quantitative estimate of drug-likeness (QED) is 0.362. The number of alkyl halides is 3. The minimum Gasteiger partial charge on any atom is -0.490 e. The fourth-order valence-corrected chi connectivity index (χ4v) is 6.09. The van der Waals surface area contributed by atoms with Crippen molar-refractivity contribution in [2.24, 2.45) is 5.92 Å². The lowest BCUT2D eigenvalue weighted by atomic mass is 9.81. The first-order valence-electron chi connectivity index (χ1n) is 10.9. The zero-order chi connectivity index (χ0) is 26.8. The lowest BCUT2D eigenvalue weighted by Gasteiger charge is -2.39. The van der Waals surface area contributed by atoms with E-state index in [0.29, 0.717) is 35.1 Å². The number of anilines is 1. The largest absolute Gasteiger partial charge is 0.490 e. The van der Waals surface area contributed by atoms with Crippen LogP contribution in [0.25, 0.3) is 0 Å². The Morgan fingerprint density at radius 3 is 2.54 bits per heavy atom. The molecule has 1 aliphatic heterocycles. The molecule has 1 aromatic heterocycles. The van der Waals surface area contributed by atoms with Crippen LogP contribution < -0.4 is 9.46 Å². The third-order valence-corrected chi connectivity index (χ3v) is 8.15. The number of aromatic nitrogens is 2. The molecule has 0 spiro atoms. The van der Waals surface area contributed by atoms with E-state index in [9.17, 15) is 30.4 Å². The van der Waals surface area contributed by atoms with Gasteiger partial charge in [0.25, 0.3) is 10.0 Å². The Hall–Kier alpha value is -2.55. The van der Waals surface area contributed by atoms with Crippen molar-refractivity contribution in [2.45, 2.75) is 23.4 Å². The first kappa shape index (κ1) is 27.5. The molecule has 2 atom stereocenters. The minimum atomic E-state index is -4.50. The summed E-state index contributed by atoms with van der Waals surface area (Å²) in [6, 6.07) is 7.94. The van der Waals surface area contributed by atoms with Crippen LogP contribution in [0.1, 0.15) is 17.9 Å². The van der Waals surface area contributed by atoms with Crippen LogP contribution in [0.4, 0.5) is 27.1 Å². The van der Waals surface area contributed by atoms with E-state index in [1.807, 2.05) is 4.72 Å². The fraction of sp³-hybridized carbons (Fsp3) is 0.364. The average Bonchev–Trinajstić information content (AvgIpc) is 3.31. The number of nitrogens with zero attached hydrogens (tertiary/aromatic N) is 3. The Morgan fingerprint density at radius 1 is 1.16 bits per heavy atom. The van der Waals surface area contributed by atoms with E-state index in [2.05, 4.69) is 9.36 Å². The van der Waals surface area contributed by atoms with Gasteiger partial charge < -0.3 is 4.74 Å². The summed E-state index contributed by atoms with van der Waals surface area (Å²) in [6.45, 7) is -1.13. The first-order chi connectivity index (χ1) is 17.4. The molecule has 7 nitrogen and oxygen atoms in total. The Bertz CT molecular complexity index is 1330. The number of hydrogen-bond donors (Lipinski definition) is 1. The Balaban J connectivity index is 1.53. The number of rotatable bonds is 8. The summed E-state index contributed by atoms with van der Waals surface area (Å²) in [5, 5.41) is 0.369. The van der Waals surface area contributed by atoms with Crippen LogP contribution in [0.2, 0.25) is 5.02 Å². The predicted molar refractivity (Wildman–Crippen MR) is 127 cm³/mol. The summed E-state index contributed by atoms with van der Waals surface area (Å²) in [7, 11) is -4.50. The van der Waals surface area contributed by atoms with Gasteiger partial charge in [-0.2, -0.15) is 17.5 Å². The van der Waals surface area contributed by atoms with Gasteiger partial charge in [0.1, 0.15) is 17.0 Å². The summed E-state index contributed by atoms with van der Waals surface area (Å²) >= 11 is 6.66. The number of halogens is 6. The standard InChI is InChI=1S/C22H20ClF5N4O3S2/c23-15-3-1-13(2-4-15)16-5-6-32(11-22(26,27)28)9-14(16)10-35-19-7-18(25)20(8-17(19)24)37(33,34)31-21-29-12-30-36-21/h1-4,7-8,12,14,16H,5-6,9-11H2,(H,29,30,31)/t14-,16-/m0/s1. The summed E-state index contributed by atoms with van der Waals surface area (Å²) in [5.41, 5.74) is 0.834. The van der Waals surface area contributed by atoms with Crippen molar-refractivity contribution in [1.82, 2.24) is 14.3 Å². The van der Waals surface area contributed by atoms with Crippen molar-refractivity contribution in [1.29, 1.82) is 0 Å². The van der Waals surface area contributed by atoms with Crippen LogP contribution in [0.15, 0.2) is 47.6 Å². The van der Waals surface area contributed by atoms with E-state index in [1.54, 1.807) is 24.3 Å². The van der Waals surface area contributed by atoms with E-state index < -0.39 is 50.9 Å². The van der Waals surface area contributed by atoms with Gasteiger partial charge in [0.2, 0.25) is 5.13 Å². The zero-order valence-electron chi connectivity index (χ0n) is 18.9. The van der Waals surface area contributed by atoms with Crippen LogP contribution in [0, 0.1) is 17.6 Å². The fourth-order valence-electron chi connectivity index (χ4n) is 4.23.